The molecule has 0 fully saturated rings. The highest BCUT2D eigenvalue weighted by atomic mass is 35.5. The molecule has 0 aliphatic rings. The largest absolute Gasteiger partial charge is 0.293 e. The van der Waals surface area contributed by atoms with E-state index in [9.17, 15) is 4.79 Å². The predicted molar refractivity (Wildman–Crippen MR) is 94.2 cm³/mol. The van der Waals surface area contributed by atoms with Gasteiger partial charge in [-0.05, 0) is 37.3 Å². The van der Waals surface area contributed by atoms with Crippen molar-refractivity contribution in [1.29, 1.82) is 0 Å². The molecule has 0 saturated heterocycles. The molecule has 0 spiro atoms. The lowest BCUT2D eigenvalue weighted by Gasteiger charge is -2.00. The van der Waals surface area contributed by atoms with Crippen LogP contribution in [-0.2, 0) is 0 Å². The van der Waals surface area contributed by atoms with Gasteiger partial charge in [-0.25, -0.2) is 0 Å². The summed E-state index contributed by atoms with van der Waals surface area (Å²) in [5.41, 5.74) is 2.15. The van der Waals surface area contributed by atoms with E-state index in [1.165, 1.54) is 21.7 Å². The number of H-pyrrole nitrogens is 1. The van der Waals surface area contributed by atoms with Crippen LogP contribution in [0.2, 0.25) is 5.02 Å². The molecule has 8 nitrogen and oxygen atoms in total. The Morgan fingerprint density at radius 3 is 3.00 bits per heavy atom. The third-order valence-electron chi connectivity index (χ3n) is 3.64. The highest BCUT2D eigenvalue weighted by Crippen LogP contribution is 2.17. The van der Waals surface area contributed by atoms with Gasteiger partial charge < -0.3 is 0 Å². The lowest BCUT2D eigenvalue weighted by Crippen LogP contribution is -2.19. The smallest absolute Gasteiger partial charge is 0.281 e. The molecule has 4 aromatic rings. The van der Waals surface area contributed by atoms with Crippen LogP contribution < -0.4 is 5.56 Å². The quantitative estimate of drug-likeness (QED) is 0.572. The fraction of sp³-hybridized carbons (Fsp3) is 0.0625. The van der Waals surface area contributed by atoms with Gasteiger partial charge in [0, 0.05) is 16.9 Å². The summed E-state index contributed by atoms with van der Waals surface area (Å²) in [5, 5.41) is 15.6. The molecule has 4 rings (SSSR count). The summed E-state index contributed by atoms with van der Waals surface area (Å²) in [7, 11) is 0. The number of rotatable bonds is 3. The molecule has 0 aliphatic carbocycles. The Balaban J connectivity index is 1.74. The van der Waals surface area contributed by atoms with Crippen molar-refractivity contribution >= 4 is 29.2 Å². The highest BCUT2D eigenvalue weighted by molar-refractivity contribution is 6.30. The number of aromatic amines is 1. The Kier molecular flexibility index (Phi) is 3.66. The van der Waals surface area contributed by atoms with Gasteiger partial charge >= 0.3 is 0 Å². The molecule has 3 aromatic heterocycles. The van der Waals surface area contributed by atoms with Crippen LogP contribution in [0, 0.1) is 6.92 Å². The molecule has 0 radical (unpaired) electrons. The van der Waals surface area contributed by atoms with E-state index >= 15 is 0 Å². The maximum Gasteiger partial charge on any atom is 0.281 e. The zero-order chi connectivity index (χ0) is 17.4. The maximum atomic E-state index is 12.7. The fourth-order valence-corrected chi connectivity index (χ4v) is 2.59. The highest BCUT2D eigenvalue weighted by Gasteiger charge is 2.12. The minimum atomic E-state index is -0.247. The van der Waals surface area contributed by atoms with E-state index < -0.39 is 0 Å². The molecule has 0 unspecified atom stereocenters. The van der Waals surface area contributed by atoms with Gasteiger partial charge in [-0.1, -0.05) is 17.7 Å². The van der Waals surface area contributed by atoms with E-state index in [0.29, 0.717) is 33.4 Å². The number of fused-ring (bicyclic) bond motifs is 1. The molecule has 124 valence electrons. The van der Waals surface area contributed by atoms with Crippen molar-refractivity contribution in [3.63, 3.8) is 0 Å². The van der Waals surface area contributed by atoms with Crippen molar-refractivity contribution in [3.05, 3.63) is 69.4 Å². The molecule has 1 aromatic carbocycles. The molecule has 3 heterocycles. The number of aromatic nitrogens is 6. The Labute approximate surface area is 146 Å². The van der Waals surface area contributed by atoms with E-state index in [1.54, 1.807) is 37.3 Å². The van der Waals surface area contributed by atoms with Gasteiger partial charge in [-0.15, -0.1) is 15.3 Å². The molecule has 25 heavy (non-hydrogen) atoms. The fourth-order valence-electron chi connectivity index (χ4n) is 2.41. The Morgan fingerprint density at radius 1 is 1.28 bits per heavy atom. The number of halogens is 1. The monoisotopic (exact) mass is 353 g/mol. The van der Waals surface area contributed by atoms with E-state index in [4.69, 9.17) is 11.6 Å². The summed E-state index contributed by atoms with van der Waals surface area (Å²) in [6.07, 6.45) is 2.99. The zero-order valence-electron chi connectivity index (χ0n) is 13.1. The number of hydrogen-bond acceptors (Lipinski definition) is 5. The van der Waals surface area contributed by atoms with Crippen LogP contribution in [0.25, 0.3) is 11.5 Å². The number of hydrogen-bond donors (Lipinski definition) is 1. The standard InChI is InChI=1S/C16H12ClN7O/c1-10-13(8-18-12-4-2-3-11(17)7-12)16(25)24(21-10)15-6-5-14-20-19-9-23(14)22-15/h2-9,21H,1H3. The van der Waals surface area contributed by atoms with Crippen molar-refractivity contribution in [3.8, 4) is 5.82 Å². The minimum Gasteiger partial charge on any atom is -0.293 e. The first kappa shape index (κ1) is 15.3. The number of aliphatic imine (C=N–C) groups is 1. The summed E-state index contributed by atoms with van der Waals surface area (Å²) < 4.78 is 2.85. The molecule has 1 N–H and O–H groups in total. The summed E-state index contributed by atoms with van der Waals surface area (Å²) in [6.45, 7) is 1.80. The third kappa shape index (κ3) is 2.83. The zero-order valence-corrected chi connectivity index (χ0v) is 13.8. The lowest BCUT2D eigenvalue weighted by atomic mass is 10.3. The van der Waals surface area contributed by atoms with Crippen molar-refractivity contribution in [1.82, 2.24) is 29.6 Å². The second kappa shape index (κ2) is 5.99. The van der Waals surface area contributed by atoms with E-state index in [0.717, 1.165) is 0 Å². The average Bonchev–Trinajstić information content (AvgIpc) is 3.17. The van der Waals surface area contributed by atoms with Gasteiger partial charge in [-0.3, -0.25) is 14.9 Å². The molecule has 0 amide bonds. The lowest BCUT2D eigenvalue weighted by molar-refractivity contribution is 0.765. The molecule has 0 atom stereocenters. The van der Waals surface area contributed by atoms with Crippen LogP contribution in [0.4, 0.5) is 5.69 Å². The Bertz CT molecular complexity index is 1150. The number of aryl methyl sites for hydroxylation is 1. The summed E-state index contributed by atoms with van der Waals surface area (Å²) in [5.74, 6) is 0.433. The summed E-state index contributed by atoms with van der Waals surface area (Å²) in [4.78, 5) is 17.0. The van der Waals surface area contributed by atoms with Gasteiger partial charge in [0.05, 0.1) is 11.3 Å². The number of nitrogens with zero attached hydrogens (tertiary/aromatic N) is 6. The van der Waals surface area contributed by atoms with Crippen LogP contribution in [0.15, 0.2) is 52.5 Å². The normalized spacial score (nSPS) is 11.6. The van der Waals surface area contributed by atoms with Gasteiger partial charge in [0.1, 0.15) is 6.33 Å². The van der Waals surface area contributed by atoms with E-state index in [-0.39, 0.29) is 5.56 Å². The van der Waals surface area contributed by atoms with Crippen LogP contribution in [0.5, 0.6) is 0 Å². The first-order chi connectivity index (χ1) is 12.1. The Morgan fingerprint density at radius 2 is 2.16 bits per heavy atom. The number of nitrogens with one attached hydrogen (secondary N) is 1. The molecule has 9 heteroatoms. The minimum absolute atomic E-state index is 0.247. The molecule has 0 aliphatic heterocycles. The number of benzene rings is 1. The van der Waals surface area contributed by atoms with Crippen LogP contribution in [0.3, 0.4) is 0 Å². The van der Waals surface area contributed by atoms with Crippen molar-refractivity contribution < 1.29 is 0 Å². The SMILES string of the molecule is Cc1[nH]n(-c2ccc3nncn3n2)c(=O)c1C=Nc1cccc(Cl)c1. The van der Waals surface area contributed by atoms with Crippen molar-refractivity contribution in [2.75, 3.05) is 0 Å². The van der Waals surface area contributed by atoms with Gasteiger partial charge in [0.15, 0.2) is 11.5 Å². The van der Waals surface area contributed by atoms with Gasteiger partial charge in [0.25, 0.3) is 5.56 Å². The maximum absolute atomic E-state index is 12.7. The predicted octanol–water partition coefficient (Wildman–Crippen LogP) is 2.32. The van der Waals surface area contributed by atoms with E-state index in [1.807, 2.05) is 6.07 Å². The average molecular weight is 354 g/mol. The molecular weight excluding hydrogens is 342 g/mol. The topological polar surface area (TPSA) is 93.2 Å². The van der Waals surface area contributed by atoms with Gasteiger partial charge in [0.2, 0.25) is 0 Å². The second-order valence-corrected chi connectivity index (χ2v) is 5.79. The Hall–Kier alpha value is -3.26. The molecular formula is C16H12ClN7O. The summed E-state index contributed by atoms with van der Waals surface area (Å²) >= 11 is 5.94. The van der Waals surface area contributed by atoms with E-state index in [2.05, 4.69) is 25.4 Å². The summed E-state index contributed by atoms with van der Waals surface area (Å²) in [6, 6.07) is 10.5. The van der Waals surface area contributed by atoms with Crippen LogP contribution in [0.1, 0.15) is 11.3 Å². The first-order valence-corrected chi connectivity index (χ1v) is 7.78. The van der Waals surface area contributed by atoms with Gasteiger partial charge in [-0.2, -0.15) is 9.20 Å². The van der Waals surface area contributed by atoms with Crippen LogP contribution in [-0.4, -0.2) is 35.8 Å². The second-order valence-electron chi connectivity index (χ2n) is 5.35. The van der Waals surface area contributed by atoms with Crippen molar-refractivity contribution in [2.24, 2.45) is 4.99 Å². The molecule has 0 saturated carbocycles. The molecule has 0 bridgehead atoms. The van der Waals surface area contributed by atoms with Crippen LogP contribution >= 0.6 is 11.6 Å². The first-order valence-electron chi connectivity index (χ1n) is 7.40. The third-order valence-corrected chi connectivity index (χ3v) is 3.88. The van der Waals surface area contributed by atoms with Crippen molar-refractivity contribution in [2.45, 2.75) is 6.92 Å².